The molecule has 0 radical (unpaired) electrons. The van der Waals surface area contributed by atoms with E-state index in [4.69, 9.17) is 9.84 Å². The van der Waals surface area contributed by atoms with E-state index in [9.17, 15) is 18.0 Å². The third-order valence-electron chi connectivity index (χ3n) is 3.65. The van der Waals surface area contributed by atoms with Gasteiger partial charge in [-0.2, -0.15) is 13.2 Å². The number of benzene rings is 1. The van der Waals surface area contributed by atoms with Crippen molar-refractivity contribution in [3.8, 4) is 17.1 Å². The highest BCUT2D eigenvalue weighted by atomic mass is 35.5. The van der Waals surface area contributed by atoms with Gasteiger partial charge in [-0.05, 0) is 30.3 Å². The third-order valence-corrected chi connectivity index (χ3v) is 3.65. The van der Waals surface area contributed by atoms with Gasteiger partial charge in [-0.1, -0.05) is 0 Å². The number of carbonyl (C=O) groups is 1. The van der Waals surface area contributed by atoms with Crippen LogP contribution in [-0.4, -0.2) is 33.1 Å². The molecule has 3 rings (SSSR count). The van der Waals surface area contributed by atoms with Gasteiger partial charge in [0.15, 0.2) is 11.5 Å². The summed E-state index contributed by atoms with van der Waals surface area (Å²) in [5.74, 6) is -1.32. The molecule has 2 aromatic heterocycles. The molecular formula is C18H14ClF3N4O3. The highest BCUT2D eigenvalue weighted by Crippen LogP contribution is 2.33. The molecule has 0 aliphatic heterocycles. The van der Waals surface area contributed by atoms with E-state index in [-0.39, 0.29) is 41.0 Å². The van der Waals surface area contributed by atoms with E-state index >= 15 is 0 Å². The molecule has 0 fully saturated rings. The molecule has 0 aliphatic rings. The first-order valence-electron chi connectivity index (χ1n) is 7.83. The van der Waals surface area contributed by atoms with Crippen molar-refractivity contribution in [2.24, 2.45) is 0 Å². The molecule has 2 N–H and O–H groups in total. The molecule has 3 aromatic rings. The van der Waals surface area contributed by atoms with Crippen LogP contribution >= 0.6 is 12.4 Å². The Balaban J connectivity index is 0.00000300. The minimum Gasteiger partial charge on any atom is -0.495 e. The van der Waals surface area contributed by atoms with Crippen LogP contribution in [-0.2, 0) is 6.18 Å². The number of nitrogens with one attached hydrogen (secondary N) is 1. The summed E-state index contributed by atoms with van der Waals surface area (Å²) in [5, 5.41) is 11.8. The number of aromatic nitrogens is 3. The second-order valence-corrected chi connectivity index (χ2v) is 5.55. The fraction of sp³-hybridized carbons (Fsp3) is 0.111. The van der Waals surface area contributed by atoms with Crippen molar-refractivity contribution < 1.29 is 27.8 Å². The van der Waals surface area contributed by atoms with Crippen LogP contribution in [0.3, 0.4) is 0 Å². The van der Waals surface area contributed by atoms with Gasteiger partial charge in [0.2, 0.25) is 0 Å². The lowest BCUT2D eigenvalue weighted by Gasteiger charge is -2.14. The predicted molar refractivity (Wildman–Crippen MR) is 101 cm³/mol. The lowest BCUT2D eigenvalue weighted by molar-refractivity contribution is -0.141. The summed E-state index contributed by atoms with van der Waals surface area (Å²) in [6.45, 7) is 0. The average Bonchev–Trinajstić information content (AvgIpc) is 2.67. The Kier molecular flexibility index (Phi) is 6.60. The molecule has 0 saturated heterocycles. The quantitative estimate of drug-likeness (QED) is 0.622. The predicted octanol–water partition coefficient (Wildman–Crippen LogP) is 4.43. The first-order chi connectivity index (χ1) is 13.3. The van der Waals surface area contributed by atoms with Crippen molar-refractivity contribution in [3.63, 3.8) is 0 Å². The number of methoxy groups -OCH3 is 1. The second kappa shape index (κ2) is 8.74. The summed E-state index contributed by atoms with van der Waals surface area (Å²) in [7, 11) is 1.35. The SMILES string of the molecule is COc1ccc(C(=O)O)cc1Nc1cc(C(F)(F)F)nc(-c2cccnc2)n1.Cl. The van der Waals surface area contributed by atoms with Crippen LogP contribution in [0, 0.1) is 0 Å². The summed E-state index contributed by atoms with van der Waals surface area (Å²) in [6.07, 6.45) is -1.90. The van der Waals surface area contributed by atoms with Crippen LogP contribution in [0.5, 0.6) is 5.75 Å². The van der Waals surface area contributed by atoms with Crippen molar-refractivity contribution in [3.05, 3.63) is 60.0 Å². The number of alkyl halides is 3. The van der Waals surface area contributed by atoms with E-state index in [1.165, 1.54) is 43.8 Å². The lowest BCUT2D eigenvalue weighted by Crippen LogP contribution is -2.11. The van der Waals surface area contributed by atoms with Gasteiger partial charge in [-0.3, -0.25) is 4.98 Å². The molecule has 0 amide bonds. The molecule has 0 unspecified atom stereocenters. The topological polar surface area (TPSA) is 97.2 Å². The Morgan fingerprint density at radius 1 is 1.17 bits per heavy atom. The van der Waals surface area contributed by atoms with E-state index < -0.39 is 17.8 Å². The molecule has 0 atom stereocenters. The lowest BCUT2D eigenvalue weighted by atomic mass is 10.2. The zero-order valence-corrected chi connectivity index (χ0v) is 15.6. The average molecular weight is 427 g/mol. The number of rotatable bonds is 5. The van der Waals surface area contributed by atoms with Crippen LogP contribution in [0.2, 0.25) is 0 Å². The standard InChI is InChI=1S/C18H13F3N4O3.ClH/c1-28-13-5-4-10(17(26)27)7-12(13)23-15-8-14(18(19,20)21)24-16(25-15)11-3-2-6-22-9-11;/h2-9H,1H3,(H,26,27)(H,23,24,25);1H. The molecule has 7 nitrogen and oxygen atoms in total. The van der Waals surface area contributed by atoms with Gasteiger partial charge in [0, 0.05) is 24.0 Å². The van der Waals surface area contributed by atoms with E-state index in [1.807, 2.05) is 0 Å². The van der Waals surface area contributed by atoms with E-state index in [0.29, 0.717) is 5.56 Å². The number of hydrogen-bond donors (Lipinski definition) is 2. The first-order valence-corrected chi connectivity index (χ1v) is 7.83. The number of nitrogens with zero attached hydrogens (tertiary/aromatic N) is 3. The van der Waals surface area contributed by atoms with E-state index in [2.05, 4.69) is 20.3 Å². The number of hydrogen-bond acceptors (Lipinski definition) is 6. The van der Waals surface area contributed by atoms with Crippen LogP contribution in [0.15, 0.2) is 48.8 Å². The van der Waals surface area contributed by atoms with Crippen molar-refractivity contribution >= 4 is 29.9 Å². The van der Waals surface area contributed by atoms with Crippen LogP contribution in [0.1, 0.15) is 16.1 Å². The maximum absolute atomic E-state index is 13.3. The van der Waals surface area contributed by atoms with Crippen molar-refractivity contribution in [2.75, 3.05) is 12.4 Å². The zero-order chi connectivity index (χ0) is 20.3. The molecule has 2 heterocycles. The largest absolute Gasteiger partial charge is 0.495 e. The number of ether oxygens (including phenoxy) is 1. The minimum atomic E-state index is -4.71. The van der Waals surface area contributed by atoms with Crippen LogP contribution in [0.25, 0.3) is 11.4 Å². The monoisotopic (exact) mass is 426 g/mol. The number of aromatic carboxylic acids is 1. The molecule has 29 heavy (non-hydrogen) atoms. The van der Waals surface area contributed by atoms with Gasteiger partial charge in [-0.15, -0.1) is 12.4 Å². The minimum absolute atomic E-state index is 0. The summed E-state index contributed by atoms with van der Waals surface area (Å²) < 4.78 is 45.0. The van der Waals surface area contributed by atoms with E-state index in [1.54, 1.807) is 6.07 Å². The number of carboxylic acids is 1. The number of anilines is 2. The fourth-order valence-corrected chi connectivity index (χ4v) is 2.36. The summed E-state index contributed by atoms with van der Waals surface area (Å²) in [6, 6.07) is 7.74. The Hall–Kier alpha value is -3.40. The molecule has 1 aromatic carbocycles. The molecule has 0 bridgehead atoms. The second-order valence-electron chi connectivity index (χ2n) is 5.55. The molecule has 152 valence electrons. The van der Waals surface area contributed by atoms with Crippen molar-refractivity contribution in [1.29, 1.82) is 0 Å². The summed E-state index contributed by atoms with van der Waals surface area (Å²) in [4.78, 5) is 22.7. The number of carboxylic acid groups (broad SMARTS) is 1. The van der Waals surface area contributed by atoms with Crippen molar-refractivity contribution in [2.45, 2.75) is 6.18 Å². The normalized spacial score (nSPS) is 10.8. The molecule has 0 saturated carbocycles. The van der Waals surface area contributed by atoms with Gasteiger partial charge in [0.05, 0.1) is 18.4 Å². The maximum atomic E-state index is 13.3. The number of pyridine rings is 1. The fourth-order valence-electron chi connectivity index (χ4n) is 2.36. The first kappa shape index (κ1) is 21.9. The smallest absolute Gasteiger partial charge is 0.433 e. The Morgan fingerprint density at radius 2 is 1.93 bits per heavy atom. The number of halogens is 4. The third kappa shape index (κ3) is 5.11. The highest BCUT2D eigenvalue weighted by molar-refractivity contribution is 5.90. The highest BCUT2D eigenvalue weighted by Gasteiger charge is 2.34. The maximum Gasteiger partial charge on any atom is 0.433 e. The van der Waals surface area contributed by atoms with Gasteiger partial charge in [0.1, 0.15) is 11.6 Å². The van der Waals surface area contributed by atoms with Gasteiger partial charge < -0.3 is 15.2 Å². The van der Waals surface area contributed by atoms with Crippen LogP contribution in [0.4, 0.5) is 24.7 Å². The summed E-state index contributed by atoms with van der Waals surface area (Å²) in [5.41, 5.74) is -0.785. The van der Waals surface area contributed by atoms with Gasteiger partial charge in [0.25, 0.3) is 0 Å². The molecule has 11 heteroatoms. The zero-order valence-electron chi connectivity index (χ0n) is 14.8. The molecular weight excluding hydrogens is 413 g/mol. The Morgan fingerprint density at radius 3 is 2.52 bits per heavy atom. The van der Waals surface area contributed by atoms with Crippen LogP contribution < -0.4 is 10.1 Å². The molecule has 0 spiro atoms. The Bertz CT molecular complexity index is 1020. The summed E-state index contributed by atoms with van der Waals surface area (Å²) >= 11 is 0. The Labute approximate surface area is 169 Å². The van der Waals surface area contributed by atoms with Gasteiger partial charge >= 0.3 is 12.1 Å². The van der Waals surface area contributed by atoms with Crippen molar-refractivity contribution in [1.82, 2.24) is 15.0 Å². The molecule has 0 aliphatic carbocycles. The van der Waals surface area contributed by atoms with Gasteiger partial charge in [-0.25, -0.2) is 14.8 Å². The van der Waals surface area contributed by atoms with E-state index in [0.717, 1.165) is 6.07 Å².